The molecule has 0 aliphatic carbocycles. The third-order valence-electron chi connectivity index (χ3n) is 2.91. The van der Waals surface area contributed by atoms with Crippen LogP contribution >= 0.6 is 11.6 Å². The fourth-order valence-electron chi connectivity index (χ4n) is 1.88. The highest BCUT2D eigenvalue weighted by Crippen LogP contribution is 2.22. The molecule has 0 saturated heterocycles. The molecule has 2 aromatic rings. The largest absolute Gasteiger partial charge is 0.389 e. The van der Waals surface area contributed by atoms with Crippen molar-refractivity contribution in [1.29, 1.82) is 0 Å². The number of nitrogens with zero attached hydrogens (tertiary/aromatic N) is 2. The summed E-state index contributed by atoms with van der Waals surface area (Å²) in [5.41, 5.74) is 1.74. The zero-order valence-corrected chi connectivity index (χ0v) is 11.4. The lowest BCUT2D eigenvalue weighted by Gasteiger charge is -2.10. The third-order valence-corrected chi connectivity index (χ3v) is 3.27. The van der Waals surface area contributed by atoms with E-state index in [2.05, 4.69) is 9.97 Å². The second-order valence-electron chi connectivity index (χ2n) is 4.38. The molecule has 3 nitrogen and oxygen atoms in total. The average molecular weight is 281 g/mol. The average Bonchev–Trinajstić information content (AvgIpc) is 2.33. The molecule has 1 N–H and O–H groups in total. The molecule has 0 bridgehead atoms. The first-order chi connectivity index (χ1) is 8.99. The Kier molecular flexibility index (Phi) is 4.12. The second kappa shape index (κ2) is 5.63. The molecule has 0 unspecified atom stereocenters. The number of aromatic nitrogens is 2. The monoisotopic (exact) mass is 280 g/mol. The molecule has 0 amide bonds. The summed E-state index contributed by atoms with van der Waals surface area (Å²) < 4.78 is 13.7. The van der Waals surface area contributed by atoms with E-state index in [9.17, 15) is 9.50 Å². The molecule has 5 heteroatoms. The van der Waals surface area contributed by atoms with Gasteiger partial charge in [0.2, 0.25) is 0 Å². The Morgan fingerprint density at radius 1 is 1.42 bits per heavy atom. The summed E-state index contributed by atoms with van der Waals surface area (Å²) in [4.78, 5) is 8.42. The molecule has 0 aliphatic rings. The van der Waals surface area contributed by atoms with Crippen LogP contribution in [-0.4, -0.2) is 15.1 Å². The highest BCUT2D eigenvalue weighted by molar-refractivity contribution is 6.31. The maximum Gasteiger partial charge on any atom is 0.133 e. The first kappa shape index (κ1) is 13.9. The number of aliphatic hydroxyl groups is 1. The van der Waals surface area contributed by atoms with Crippen molar-refractivity contribution in [2.75, 3.05) is 0 Å². The third kappa shape index (κ3) is 3.08. The Balaban J connectivity index is 2.32. The quantitative estimate of drug-likeness (QED) is 0.939. The molecule has 19 heavy (non-hydrogen) atoms. The molecular weight excluding hydrogens is 267 g/mol. The summed E-state index contributed by atoms with van der Waals surface area (Å²) in [5.74, 6) is 0.113. The van der Waals surface area contributed by atoms with Crippen LogP contribution in [-0.2, 0) is 6.42 Å². The first-order valence-corrected chi connectivity index (χ1v) is 6.30. The Morgan fingerprint density at radius 3 is 2.74 bits per heavy atom. The highest BCUT2D eigenvalue weighted by Gasteiger charge is 2.12. The van der Waals surface area contributed by atoms with Crippen LogP contribution in [0.3, 0.4) is 0 Å². The van der Waals surface area contributed by atoms with Crippen molar-refractivity contribution in [1.82, 2.24) is 9.97 Å². The van der Waals surface area contributed by atoms with Crippen molar-refractivity contribution in [2.45, 2.75) is 26.4 Å². The maximum atomic E-state index is 13.7. The van der Waals surface area contributed by atoms with Gasteiger partial charge in [-0.1, -0.05) is 17.7 Å². The van der Waals surface area contributed by atoms with E-state index < -0.39 is 6.10 Å². The summed E-state index contributed by atoms with van der Waals surface area (Å²) in [6.45, 7) is 3.44. The summed E-state index contributed by atoms with van der Waals surface area (Å²) in [7, 11) is 0. The van der Waals surface area contributed by atoms with Gasteiger partial charge in [0.25, 0.3) is 0 Å². The standard InChI is InChI=1S/C14H14ClFN2O/c1-8-11(9(2)19)7-17-14(18-8)6-10-12(15)4-3-5-13(10)16/h3-5,7,9,19H,6H2,1-2H3/t9-/m0/s1. The predicted octanol–water partition coefficient (Wildman–Crippen LogP) is 3.22. The molecule has 0 aliphatic heterocycles. The van der Waals surface area contributed by atoms with E-state index in [1.54, 1.807) is 32.2 Å². The van der Waals surface area contributed by atoms with Gasteiger partial charge in [-0.25, -0.2) is 14.4 Å². The number of rotatable bonds is 3. The van der Waals surface area contributed by atoms with E-state index in [-0.39, 0.29) is 12.2 Å². The summed E-state index contributed by atoms with van der Waals surface area (Å²) in [6, 6.07) is 4.55. The van der Waals surface area contributed by atoms with E-state index in [1.165, 1.54) is 6.07 Å². The van der Waals surface area contributed by atoms with Crippen LogP contribution in [0.2, 0.25) is 5.02 Å². The van der Waals surface area contributed by atoms with Gasteiger partial charge in [0.1, 0.15) is 11.6 Å². The normalized spacial score (nSPS) is 12.5. The molecule has 1 aromatic heterocycles. The molecule has 1 heterocycles. The number of benzene rings is 1. The SMILES string of the molecule is Cc1nc(Cc2c(F)cccc2Cl)ncc1[C@H](C)O. The van der Waals surface area contributed by atoms with Gasteiger partial charge in [-0.15, -0.1) is 0 Å². The zero-order valence-electron chi connectivity index (χ0n) is 10.7. The van der Waals surface area contributed by atoms with E-state index in [0.717, 1.165) is 0 Å². The number of hydrogen-bond donors (Lipinski definition) is 1. The van der Waals surface area contributed by atoms with Crippen molar-refractivity contribution in [2.24, 2.45) is 0 Å². The van der Waals surface area contributed by atoms with Gasteiger partial charge in [-0.3, -0.25) is 0 Å². The van der Waals surface area contributed by atoms with Crippen LogP contribution < -0.4 is 0 Å². The van der Waals surface area contributed by atoms with Crippen molar-refractivity contribution in [3.8, 4) is 0 Å². The fourth-order valence-corrected chi connectivity index (χ4v) is 2.11. The molecule has 100 valence electrons. The Labute approximate surface area is 116 Å². The van der Waals surface area contributed by atoms with Gasteiger partial charge in [0.15, 0.2) is 0 Å². The molecule has 1 aromatic carbocycles. The minimum atomic E-state index is -0.619. The number of aliphatic hydroxyl groups excluding tert-OH is 1. The summed E-state index contributed by atoms with van der Waals surface area (Å²) >= 11 is 5.97. The van der Waals surface area contributed by atoms with E-state index in [0.29, 0.717) is 27.7 Å². The lowest BCUT2D eigenvalue weighted by molar-refractivity contribution is 0.197. The summed E-state index contributed by atoms with van der Waals surface area (Å²) in [6.07, 6.45) is 1.18. The Bertz CT molecular complexity index is 582. The molecule has 0 saturated carbocycles. The molecule has 0 radical (unpaired) electrons. The van der Waals surface area contributed by atoms with E-state index >= 15 is 0 Å². The number of hydrogen-bond acceptors (Lipinski definition) is 3. The topological polar surface area (TPSA) is 46.0 Å². The number of halogens is 2. The summed E-state index contributed by atoms with van der Waals surface area (Å²) in [5, 5.41) is 9.87. The molecule has 0 fully saturated rings. The van der Waals surface area contributed by atoms with Gasteiger partial charge >= 0.3 is 0 Å². The zero-order chi connectivity index (χ0) is 14.0. The Morgan fingerprint density at radius 2 is 2.16 bits per heavy atom. The highest BCUT2D eigenvalue weighted by atomic mass is 35.5. The van der Waals surface area contributed by atoms with Crippen LogP contribution in [0.5, 0.6) is 0 Å². The lowest BCUT2D eigenvalue weighted by atomic mass is 10.1. The van der Waals surface area contributed by atoms with E-state index in [1.807, 2.05) is 0 Å². The fraction of sp³-hybridized carbons (Fsp3) is 0.286. The first-order valence-electron chi connectivity index (χ1n) is 5.92. The Hall–Kier alpha value is -1.52. The van der Waals surface area contributed by atoms with Gasteiger partial charge in [0, 0.05) is 34.5 Å². The van der Waals surface area contributed by atoms with Crippen LogP contribution in [0.25, 0.3) is 0 Å². The number of aryl methyl sites for hydroxylation is 1. The minimum absolute atomic E-state index is 0.229. The van der Waals surface area contributed by atoms with Crippen molar-refractivity contribution < 1.29 is 9.50 Å². The van der Waals surface area contributed by atoms with Crippen molar-refractivity contribution >= 4 is 11.6 Å². The molecular formula is C14H14ClFN2O. The van der Waals surface area contributed by atoms with Crippen LogP contribution in [0, 0.1) is 12.7 Å². The lowest BCUT2D eigenvalue weighted by Crippen LogP contribution is -2.05. The van der Waals surface area contributed by atoms with Crippen LogP contribution in [0.1, 0.15) is 35.7 Å². The second-order valence-corrected chi connectivity index (χ2v) is 4.79. The van der Waals surface area contributed by atoms with Crippen LogP contribution in [0.15, 0.2) is 24.4 Å². The van der Waals surface area contributed by atoms with Crippen LogP contribution in [0.4, 0.5) is 4.39 Å². The van der Waals surface area contributed by atoms with Gasteiger partial charge in [-0.05, 0) is 26.0 Å². The van der Waals surface area contributed by atoms with Gasteiger partial charge in [0.05, 0.1) is 6.10 Å². The smallest absolute Gasteiger partial charge is 0.133 e. The van der Waals surface area contributed by atoms with Crippen molar-refractivity contribution in [3.63, 3.8) is 0 Å². The predicted molar refractivity (Wildman–Crippen MR) is 71.6 cm³/mol. The van der Waals surface area contributed by atoms with Gasteiger partial charge in [-0.2, -0.15) is 0 Å². The maximum absolute atomic E-state index is 13.7. The van der Waals surface area contributed by atoms with Gasteiger partial charge < -0.3 is 5.11 Å². The van der Waals surface area contributed by atoms with E-state index in [4.69, 9.17) is 11.6 Å². The molecule has 2 rings (SSSR count). The minimum Gasteiger partial charge on any atom is -0.389 e. The molecule has 0 spiro atoms. The molecule has 1 atom stereocenters. The van der Waals surface area contributed by atoms with Crippen molar-refractivity contribution in [3.05, 3.63) is 57.9 Å².